The van der Waals surface area contributed by atoms with Crippen LogP contribution in [0.2, 0.25) is 5.02 Å². The van der Waals surface area contributed by atoms with Crippen LogP contribution >= 0.6 is 11.6 Å². The molecule has 150 valence electrons. The topological polar surface area (TPSA) is 70.3 Å². The highest BCUT2D eigenvalue weighted by Crippen LogP contribution is 2.31. The van der Waals surface area contributed by atoms with Crippen molar-refractivity contribution in [2.45, 2.75) is 0 Å². The van der Waals surface area contributed by atoms with Crippen molar-refractivity contribution in [2.75, 3.05) is 47.0 Å². The molecule has 1 aromatic heterocycles. The predicted molar refractivity (Wildman–Crippen MR) is 112 cm³/mol. The first-order valence-electron chi connectivity index (χ1n) is 9.09. The normalized spacial score (nSPS) is 14.2. The number of hydrogen-bond acceptors (Lipinski definition) is 6. The van der Waals surface area contributed by atoms with E-state index >= 15 is 0 Å². The van der Waals surface area contributed by atoms with Crippen molar-refractivity contribution >= 4 is 40.3 Å². The highest BCUT2D eigenvalue weighted by molar-refractivity contribution is 6.30. The molecule has 6 nitrogen and oxygen atoms in total. The van der Waals surface area contributed by atoms with Crippen LogP contribution in [0, 0.1) is 11.6 Å². The Labute approximate surface area is 171 Å². The quantitative estimate of drug-likeness (QED) is 0.668. The van der Waals surface area contributed by atoms with Crippen molar-refractivity contribution in [3.05, 3.63) is 65.4 Å². The molecule has 2 heterocycles. The molecule has 0 unspecified atom stereocenters. The van der Waals surface area contributed by atoms with E-state index in [9.17, 15) is 8.78 Å². The van der Waals surface area contributed by atoms with Gasteiger partial charge in [-0.25, -0.2) is 18.7 Å². The van der Waals surface area contributed by atoms with Crippen molar-refractivity contribution in [1.29, 1.82) is 0 Å². The van der Waals surface area contributed by atoms with E-state index in [4.69, 9.17) is 17.3 Å². The molecule has 1 aliphatic heterocycles. The molecule has 1 saturated heterocycles. The Balaban J connectivity index is 1.49. The molecule has 1 fully saturated rings. The third kappa shape index (κ3) is 4.17. The van der Waals surface area contributed by atoms with Gasteiger partial charge in [0.05, 0.1) is 5.69 Å². The zero-order valence-electron chi connectivity index (χ0n) is 15.4. The van der Waals surface area contributed by atoms with Gasteiger partial charge in [0, 0.05) is 43.0 Å². The Bertz CT molecular complexity index is 1020. The van der Waals surface area contributed by atoms with E-state index in [1.807, 2.05) is 24.3 Å². The third-order valence-electron chi connectivity index (χ3n) is 4.80. The second-order valence-corrected chi connectivity index (χ2v) is 7.10. The Morgan fingerprint density at radius 2 is 1.72 bits per heavy atom. The van der Waals surface area contributed by atoms with Crippen LogP contribution in [0.4, 0.5) is 37.5 Å². The molecule has 0 saturated carbocycles. The number of nitrogen functional groups attached to an aromatic ring is 1. The minimum atomic E-state index is -0.723. The highest BCUT2D eigenvalue weighted by atomic mass is 35.5. The van der Waals surface area contributed by atoms with Crippen LogP contribution in [-0.4, -0.2) is 36.1 Å². The summed E-state index contributed by atoms with van der Waals surface area (Å²) < 4.78 is 27.1. The first-order valence-corrected chi connectivity index (χ1v) is 9.47. The molecule has 3 aromatic rings. The second-order valence-electron chi connectivity index (χ2n) is 6.66. The smallest absolute Gasteiger partial charge is 0.159 e. The van der Waals surface area contributed by atoms with E-state index in [1.54, 1.807) is 0 Å². The average Bonchev–Trinajstić information content (AvgIpc) is 2.72. The van der Waals surface area contributed by atoms with Crippen LogP contribution < -0.4 is 20.9 Å². The summed E-state index contributed by atoms with van der Waals surface area (Å²) in [5.41, 5.74) is 7.73. The first kappa shape index (κ1) is 19.2. The number of benzene rings is 2. The number of nitrogens with zero attached hydrogens (tertiary/aromatic N) is 4. The fraction of sp³-hybridized carbons (Fsp3) is 0.200. The molecule has 29 heavy (non-hydrogen) atoms. The SMILES string of the molecule is Nc1c(Nc2ccc(F)cc2F)ncnc1N1CCN(c2cccc(Cl)c2)CC1. The second kappa shape index (κ2) is 8.08. The van der Waals surface area contributed by atoms with E-state index in [2.05, 4.69) is 25.1 Å². The summed E-state index contributed by atoms with van der Waals surface area (Å²) in [6.07, 6.45) is 1.37. The molecule has 0 amide bonds. The van der Waals surface area contributed by atoms with Crippen LogP contribution in [0.1, 0.15) is 0 Å². The highest BCUT2D eigenvalue weighted by Gasteiger charge is 2.22. The Morgan fingerprint density at radius 3 is 2.45 bits per heavy atom. The maximum atomic E-state index is 13.9. The molecule has 4 rings (SSSR count). The van der Waals surface area contributed by atoms with E-state index in [1.165, 1.54) is 18.5 Å². The zero-order valence-corrected chi connectivity index (χ0v) is 16.2. The fourth-order valence-corrected chi connectivity index (χ4v) is 3.49. The molecule has 0 spiro atoms. The molecular weight excluding hydrogens is 398 g/mol. The van der Waals surface area contributed by atoms with Gasteiger partial charge >= 0.3 is 0 Å². The van der Waals surface area contributed by atoms with Gasteiger partial charge in [0.25, 0.3) is 0 Å². The minimum Gasteiger partial charge on any atom is -0.393 e. The van der Waals surface area contributed by atoms with E-state index < -0.39 is 11.6 Å². The number of nitrogens with two attached hydrogens (primary N) is 1. The summed E-state index contributed by atoms with van der Waals surface area (Å²) in [5.74, 6) is -0.518. The van der Waals surface area contributed by atoms with E-state index in [-0.39, 0.29) is 11.5 Å². The molecule has 0 radical (unpaired) electrons. The number of nitrogens with one attached hydrogen (secondary N) is 1. The average molecular weight is 417 g/mol. The number of halogens is 3. The molecule has 0 aliphatic carbocycles. The van der Waals surface area contributed by atoms with E-state index in [0.29, 0.717) is 29.6 Å². The number of hydrogen-bond donors (Lipinski definition) is 2. The van der Waals surface area contributed by atoms with Gasteiger partial charge < -0.3 is 20.9 Å². The van der Waals surface area contributed by atoms with Crippen LogP contribution in [-0.2, 0) is 0 Å². The van der Waals surface area contributed by atoms with Crippen molar-refractivity contribution in [3.63, 3.8) is 0 Å². The van der Waals surface area contributed by atoms with Crippen LogP contribution in [0.15, 0.2) is 48.8 Å². The summed E-state index contributed by atoms with van der Waals surface area (Å²) in [4.78, 5) is 12.7. The van der Waals surface area contributed by atoms with Gasteiger partial charge in [-0.2, -0.15) is 0 Å². The van der Waals surface area contributed by atoms with Crippen LogP contribution in [0.25, 0.3) is 0 Å². The van der Waals surface area contributed by atoms with Gasteiger partial charge in [-0.05, 0) is 30.3 Å². The number of anilines is 5. The summed E-state index contributed by atoms with van der Waals surface area (Å²) >= 11 is 6.09. The lowest BCUT2D eigenvalue weighted by molar-refractivity contribution is 0.586. The Kier molecular flexibility index (Phi) is 5.35. The van der Waals surface area contributed by atoms with Crippen molar-refractivity contribution in [2.24, 2.45) is 0 Å². The number of piperazine rings is 1. The van der Waals surface area contributed by atoms with Gasteiger partial charge in [-0.1, -0.05) is 17.7 Å². The van der Waals surface area contributed by atoms with Gasteiger partial charge in [0.2, 0.25) is 0 Å². The predicted octanol–water partition coefficient (Wildman–Crippen LogP) is 4.06. The molecule has 1 aliphatic rings. The summed E-state index contributed by atoms with van der Waals surface area (Å²) in [6, 6.07) is 11.0. The lowest BCUT2D eigenvalue weighted by Crippen LogP contribution is -2.47. The van der Waals surface area contributed by atoms with Crippen LogP contribution in [0.3, 0.4) is 0 Å². The Morgan fingerprint density at radius 1 is 0.966 bits per heavy atom. The molecule has 3 N–H and O–H groups in total. The molecule has 0 bridgehead atoms. The number of aromatic nitrogens is 2. The van der Waals surface area contributed by atoms with Gasteiger partial charge in [-0.3, -0.25) is 0 Å². The van der Waals surface area contributed by atoms with Crippen molar-refractivity contribution < 1.29 is 8.78 Å². The zero-order chi connectivity index (χ0) is 20.4. The van der Waals surface area contributed by atoms with Gasteiger partial charge in [0.1, 0.15) is 23.6 Å². The maximum absolute atomic E-state index is 13.9. The number of rotatable bonds is 4. The molecule has 0 atom stereocenters. The standard InChI is InChI=1S/C20H19ClF2N6/c21-13-2-1-3-15(10-13)28-6-8-29(9-7-28)20-18(24)19(25-12-26-20)27-17-5-4-14(22)11-16(17)23/h1-5,10-12H,6-9,24H2,(H,25,26,27). The first-order chi connectivity index (χ1) is 14.0. The maximum Gasteiger partial charge on any atom is 0.159 e. The van der Waals surface area contributed by atoms with Crippen molar-refractivity contribution in [1.82, 2.24) is 9.97 Å². The minimum absolute atomic E-state index is 0.0912. The van der Waals surface area contributed by atoms with Crippen LogP contribution in [0.5, 0.6) is 0 Å². The van der Waals surface area contributed by atoms with Gasteiger partial charge in [-0.15, -0.1) is 0 Å². The van der Waals surface area contributed by atoms with Gasteiger partial charge in [0.15, 0.2) is 11.6 Å². The summed E-state index contributed by atoms with van der Waals surface area (Å²) in [5, 5.41) is 3.52. The molecule has 2 aromatic carbocycles. The monoisotopic (exact) mass is 416 g/mol. The molecule has 9 heteroatoms. The fourth-order valence-electron chi connectivity index (χ4n) is 3.31. The van der Waals surface area contributed by atoms with E-state index in [0.717, 1.165) is 24.8 Å². The third-order valence-corrected chi connectivity index (χ3v) is 5.03. The summed E-state index contributed by atoms with van der Waals surface area (Å²) in [6.45, 7) is 2.97. The lowest BCUT2D eigenvalue weighted by atomic mass is 10.2. The largest absolute Gasteiger partial charge is 0.393 e. The summed E-state index contributed by atoms with van der Waals surface area (Å²) in [7, 11) is 0. The van der Waals surface area contributed by atoms with Crippen molar-refractivity contribution in [3.8, 4) is 0 Å². The lowest BCUT2D eigenvalue weighted by Gasteiger charge is -2.37. The Hall–Kier alpha value is -3.13. The molecular formula is C20H19ClF2N6.